The number of nitrogens with one attached hydrogen (secondary N) is 1. The SMILES string of the molecule is COc1ccc(N(CC(=O)NCCOCc2ccccc2)S(C)(=O)=O)cc1OC. The zero-order valence-electron chi connectivity index (χ0n) is 16.8. The third-order valence-corrected chi connectivity index (χ3v) is 5.16. The van der Waals surface area contributed by atoms with E-state index >= 15 is 0 Å². The molecule has 29 heavy (non-hydrogen) atoms. The van der Waals surface area contributed by atoms with Gasteiger partial charge in [-0.15, -0.1) is 0 Å². The standard InChI is InChI=1S/C20H26N2O6S/c1-26-18-10-9-17(13-19(18)27-2)22(29(3,24)25)14-20(23)21-11-12-28-15-16-7-5-4-6-8-16/h4-10,13H,11-12,14-15H2,1-3H3,(H,21,23). The van der Waals surface area contributed by atoms with Crippen molar-refractivity contribution in [2.24, 2.45) is 0 Å². The normalized spacial score (nSPS) is 11.0. The zero-order chi connectivity index (χ0) is 21.3. The van der Waals surface area contributed by atoms with Crippen LogP contribution in [0.5, 0.6) is 11.5 Å². The van der Waals surface area contributed by atoms with Crippen molar-refractivity contribution in [3.05, 3.63) is 54.1 Å². The van der Waals surface area contributed by atoms with Crippen LogP contribution in [0, 0.1) is 0 Å². The smallest absolute Gasteiger partial charge is 0.240 e. The van der Waals surface area contributed by atoms with Gasteiger partial charge in [0.2, 0.25) is 15.9 Å². The Morgan fingerprint density at radius 1 is 1.03 bits per heavy atom. The first-order valence-corrected chi connectivity index (χ1v) is 10.8. The van der Waals surface area contributed by atoms with Gasteiger partial charge in [0, 0.05) is 12.6 Å². The summed E-state index contributed by atoms with van der Waals surface area (Å²) in [5, 5.41) is 2.67. The number of methoxy groups -OCH3 is 2. The van der Waals surface area contributed by atoms with Crippen molar-refractivity contribution < 1.29 is 27.4 Å². The number of sulfonamides is 1. The van der Waals surface area contributed by atoms with Crippen LogP contribution in [0.2, 0.25) is 0 Å². The largest absolute Gasteiger partial charge is 0.493 e. The van der Waals surface area contributed by atoms with Gasteiger partial charge in [0.15, 0.2) is 11.5 Å². The molecule has 8 nitrogen and oxygen atoms in total. The van der Waals surface area contributed by atoms with Gasteiger partial charge in [-0.25, -0.2) is 8.42 Å². The molecule has 0 aromatic heterocycles. The van der Waals surface area contributed by atoms with Gasteiger partial charge in [-0.1, -0.05) is 30.3 Å². The van der Waals surface area contributed by atoms with Gasteiger partial charge in [0.1, 0.15) is 6.54 Å². The number of benzene rings is 2. The number of carbonyl (C=O) groups excluding carboxylic acids is 1. The van der Waals surface area contributed by atoms with Crippen LogP contribution >= 0.6 is 0 Å². The molecular formula is C20H26N2O6S. The predicted octanol–water partition coefficient (Wildman–Crippen LogP) is 1.80. The highest BCUT2D eigenvalue weighted by atomic mass is 32.2. The molecule has 2 aromatic rings. The fourth-order valence-corrected chi connectivity index (χ4v) is 3.44. The summed E-state index contributed by atoms with van der Waals surface area (Å²) in [7, 11) is -0.746. The molecule has 0 atom stereocenters. The van der Waals surface area contributed by atoms with Crippen LogP contribution in [0.1, 0.15) is 5.56 Å². The Labute approximate surface area is 171 Å². The van der Waals surface area contributed by atoms with Crippen molar-refractivity contribution in [2.45, 2.75) is 6.61 Å². The molecule has 0 bridgehead atoms. The fourth-order valence-electron chi connectivity index (χ4n) is 2.59. The second-order valence-corrected chi connectivity index (χ2v) is 8.10. The molecule has 0 saturated heterocycles. The lowest BCUT2D eigenvalue weighted by atomic mass is 10.2. The Hall–Kier alpha value is -2.78. The molecular weight excluding hydrogens is 396 g/mol. The van der Waals surface area contributed by atoms with Crippen molar-refractivity contribution in [3.8, 4) is 11.5 Å². The maximum absolute atomic E-state index is 12.3. The zero-order valence-corrected chi connectivity index (χ0v) is 17.6. The van der Waals surface area contributed by atoms with E-state index in [-0.39, 0.29) is 13.1 Å². The molecule has 0 aliphatic carbocycles. The first kappa shape index (κ1) is 22.5. The van der Waals surface area contributed by atoms with E-state index in [9.17, 15) is 13.2 Å². The fraction of sp³-hybridized carbons (Fsp3) is 0.350. The highest BCUT2D eigenvalue weighted by Gasteiger charge is 2.22. The Bertz CT molecular complexity index is 902. The highest BCUT2D eigenvalue weighted by molar-refractivity contribution is 7.92. The monoisotopic (exact) mass is 422 g/mol. The van der Waals surface area contributed by atoms with Crippen LogP contribution in [-0.2, 0) is 26.2 Å². The summed E-state index contributed by atoms with van der Waals surface area (Å²) in [4.78, 5) is 12.3. The first-order valence-electron chi connectivity index (χ1n) is 8.93. The second kappa shape index (κ2) is 10.7. The van der Waals surface area contributed by atoms with Crippen LogP contribution in [-0.4, -0.2) is 54.5 Å². The number of carbonyl (C=O) groups is 1. The number of rotatable bonds is 11. The molecule has 0 spiro atoms. The molecule has 0 heterocycles. The molecule has 0 saturated carbocycles. The number of hydrogen-bond acceptors (Lipinski definition) is 6. The summed E-state index contributed by atoms with van der Waals surface area (Å²) in [5.41, 5.74) is 1.34. The van der Waals surface area contributed by atoms with Gasteiger partial charge in [0.05, 0.1) is 39.4 Å². The third kappa shape index (κ3) is 6.95. The maximum Gasteiger partial charge on any atom is 0.240 e. The number of nitrogens with zero attached hydrogens (tertiary/aromatic N) is 1. The molecule has 2 rings (SSSR count). The van der Waals surface area contributed by atoms with Gasteiger partial charge < -0.3 is 19.5 Å². The summed E-state index contributed by atoms with van der Waals surface area (Å²) in [5.74, 6) is 0.395. The molecule has 1 amide bonds. The van der Waals surface area contributed by atoms with Crippen LogP contribution in [0.3, 0.4) is 0 Å². The summed E-state index contributed by atoms with van der Waals surface area (Å²) < 4.78 is 41.3. The average Bonchev–Trinajstić information content (AvgIpc) is 2.71. The average molecular weight is 423 g/mol. The van der Waals surface area contributed by atoms with Gasteiger partial charge >= 0.3 is 0 Å². The molecule has 158 valence electrons. The molecule has 9 heteroatoms. The number of hydrogen-bond donors (Lipinski definition) is 1. The van der Waals surface area contributed by atoms with Crippen molar-refractivity contribution in [3.63, 3.8) is 0 Å². The number of anilines is 1. The molecule has 2 aromatic carbocycles. The first-order chi connectivity index (χ1) is 13.8. The maximum atomic E-state index is 12.3. The minimum atomic E-state index is -3.68. The molecule has 0 unspecified atom stereocenters. The number of amides is 1. The molecule has 0 aliphatic heterocycles. The van der Waals surface area contributed by atoms with Crippen molar-refractivity contribution in [1.82, 2.24) is 5.32 Å². The Balaban J connectivity index is 1.92. The molecule has 0 fully saturated rings. The van der Waals surface area contributed by atoms with Crippen LogP contribution in [0.15, 0.2) is 48.5 Å². The minimum Gasteiger partial charge on any atom is -0.493 e. The van der Waals surface area contributed by atoms with Crippen molar-refractivity contribution in [1.29, 1.82) is 0 Å². The minimum absolute atomic E-state index is 0.273. The van der Waals surface area contributed by atoms with Gasteiger partial charge in [-0.3, -0.25) is 9.10 Å². The van der Waals surface area contributed by atoms with Gasteiger partial charge in [0.25, 0.3) is 0 Å². The summed E-state index contributed by atoms with van der Waals surface area (Å²) in [6.45, 7) is 0.676. The quantitative estimate of drug-likeness (QED) is 0.555. The molecule has 0 radical (unpaired) electrons. The Kier molecular flexibility index (Phi) is 8.29. The lowest BCUT2D eigenvalue weighted by molar-refractivity contribution is -0.119. The van der Waals surface area contributed by atoms with E-state index in [1.807, 2.05) is 30.3 Å². The number of ether oxygens (including phenoxy) is 3. The molecule has 0 aliphatic rings. The topological polar surface area (TPSA) is 94.2 Å². The summed E-state index contributed by atoms with van der Waals surface area (Å²) >= 11 is 0. The Morgan fingerprint density at radius 2 is 1.72 bits per heavy atom. The van der Waals surface area contributed by atoms with Gasteiger partial charge in [-0.2, -0.15) is 0 Å². The van der Waals surface area contributed by atoms with Crippen LogP contribution < -0.4 is 19.1 Å². The Morgan fingerprint density at radius 3 is 2.34 bits per heavy atom. The van der Waals surface area contributed by atoms with Crippen molar-refractivity contribution >= 4 is 21.6 Å². The van der Waals surface area contributed by atoms with E-state index < -0.39 is 15.9 Å². The van der Waals surface area contributed by atoms with E-state index in [4.69, 9.17) is 14.2 Å². The van der Waals surface area contributed by atoms with Crippen molar-refractivity contribution in [2.75, 3.05) is 44.5 Å². The molecule has 1 N–H and O–H groups in total. The predicted molar refractivity (Wildman–Crippen MR) is 111 cm³/mol. The van der Waals surface area contributed by atoms with Crippen LogP contribution in [0.25, 0.3) is 0 Å². The van der Waals surface area contributed by atoms with E-state index in [0.717, 1.165) is 16.1 Å². The third-order valence-electron chi connectivity index (χ3n) is 4.02. The second-order valence-electron chi connectivity index (χ2n) is 6.20. The summed E-state index contributed by atoms with van der Waals surface area (Å²) in [6.07, 6.45) is 1.04. The van der Waals surface area contributed by atoms with E-state index in [1.165, 1.54) is 20.3 Å². The lowest BCUT2D eigenvalue weighted by Gasteiger charge is -2.23. The van der Waals surface area contributed by atoms with Gasteiger partial charge in [-0.05, 0) is 17.7 Å². The van der Waals surface area contributed by atoms with Crippen LogP contribution in [0.4, 0.5) is 5.69 Å². The van der Waals surface area contributed by atoms with E-state index in [1.54, 1.807) is 12.1 Å². The summed E-state index contributed by atoms with van der Waals surface area (Å²) in [6, 6.07) is 14.3. The highest BCUT2D eigenvalue weighted by Crippen LogP contribution is 2.32. The van der Waals surface area contributed by atoms with E-state index in [0.29, 0.717) is 30.4 Å². The lowest BCUT2D eigenvalue weighted by Crippen LogP contribution is -2.41. The van der Waals surface area contributed by atoms with E-state index in [2.05, 4.69) is 5.32 Å².